The largest absolute Gasteiger partial charge is 0.455 e. The second-order valence-electron chi connectivity index (χ2n) is 12.5. The van der Waals surface area contributed by atoms with Gasteiger partial charge in [0.2, 0.25) is 0 Å². The molecule has 1 aromatic rings. The molecule has 9 nitrogen and oxygen atoms in total. The molecule has 4 aliphatic carbocycles. The molecule has 2 bridgehead atoms. The number of fused-ring (bicyclic) bond motifs is 4. The Morgan fingerprint density at radius 3 is 2.37 bits per heavy atom. The van der Waals surface area contributed by atoms with Gasteiger partial charge < -0.3 is 34.6 Å². The number of benzene rings is 1. The Bertz CT molecular complexity index is 1210. The zero-order valence-electron chi connectivity index (χ0n) is 22.1. The molecule has 1 aromatic carbocycles. The highest BCUT2D eigenvalue weighted by molar-refractivity contribution is 5.89. The van der Waals surface area contributed by atoms with Crippen LogP contribution in [0.4, 0.5) is 0 Å². The summed E-state index contributed by atoms with van der Waals surface area (Å²) in [4.78, 5) is 26.0. The van der Waals surface area contributed by atoms with Crippen molar-refractivity contribution in [2.75, 3.05) is 6.61 Å². The molecule has 0 unspecified atom stereocenters. The first kappa shape index (κ1) is 26.0. The number of ether oxygens (including phenoxy) is 3. The van der Waals surface area contributed by atoms with Crippen LogP contribution in [0.25, 0.3) is 0 Å². The Balaban J connectivity index is 1.60. The maximum atomic E-state index is 13.6. The summed E-state index contributed by atoms with van der Waals surface area (Å²) in [5.74, 6) is -2.21. The molecule has 1 heterocycles. The van der Waals surface area contributed by atoms with E-state index in [0.29, 0.717) is 24.0 Å². The van der Waals surface area contributed by atoms with Crippen molar-refractivity contribution in [1.29, 1.82) is 0 Å². The molecule has 206 valence electrons. The molecule has 38 heavy (non-hydrogen) atoms. The molecule has 4 N–H and O–H groups in total. The summed E-state index contributed by atoms with van der Waals surface area (Å²) in [7, 11) is 0. The Kier molecular flexibility index (Phi) is 5.54. The Hall–Kier alpha value is -2.30. The van der Waals surface area contributed by atoms with E-state index < -0.39 is 70.4 Å². The van der Waals surface area contributed by atoms with Crippen LogP contribution in [0.2, 0.25) is 0 Å². The zero-order chi connectivity index (χ0) is 27.4. The molecule has 6 rings (SSSR count). The quantitative estimate of drug-likeness (QED) is 0.339. The summed E-state index contributed by atoms with van der Waals surface area (Å²) in [6.45, 7) is 6.47. The lowest BCUT2D eigenvalue weighted by atomic mass is 9.48. The van der Waals surface area contributed by atoms with Crippen LogP contribution in [0.15, 0.2) is 41.5 Å². The number of rotatable bonds is 3. The van der Waals surface area contributed by atoms with Gasteiger partial charge in [-0.3, -0.25) is 4.79 Å². The third kappa shape index (κ3) is 3.11. The number of aliphatic hydroxyl groups is 4. The molecule has 1 saturated heterocycles. The minimum atomic E-state index is -1.87. The van der Waals surface area contributed by atoms with Crippen LogP contribution in [-0.2, 0) is 19.0 Å². The highest BCUT2D eigenvalue weighted by Crippen LogP contribution is 2.75. The van der Waals surface area contributed by atoms with Crippen LogP contribution in [0, 0.1) is 22.7 Å². The van der Waals surface area contributed by atoms with Gasteiger partial charge in [-0.1, -0.05) is 32.0 Å². The maximum absolute atomic E-state index is 13.6. The minimum Gasteiger partial charge on any atom is -0.455 e. The van der Waals surface area contributed by atoms with Crippen LogP contribution in [-0.4, -0.2) is 80.7 Å². The molecular formula is C29H36O9. The van der Waals surface area contributed by atoms with E-state index in [-0.39, 0.29) is 24.5 Å². The number of hydrogen-bond acceptors (Lipinski definition) is 9. The average molecular weight is 529 g/mol. The molecule has 0 radical (unpaired) electrons. The van der Waals surface area contributed by atoms with Gasteiger partial charge in [0.05, 0.1) is 30.3 Å². The van der Waals surface area contributed by atoms with Crippen LogP contribution in [0.1, 0.15) is 57.3 Å². The number of hydrogen-bond donors (Lipinski definition) is 4. The molecule has 10 atom stereocenters. The van der Waals surface area contributed by atoms with Gasteiger partial charge in [0.1, 0.15) is 23.9 Å². The first-order valence-electron chi connectivity index (χ1n) is 13.4. The molecule has 1 spiro atoms. The van der Waals surface area contributed by atoms with Crippen molar-refractivity contribution in [3.63, 3.8) is 0 Å². The van der Waals surface area contributed by atoms with Crippen molar-refractivity contribution in [2.24, 2.45) is 22.7 Å². The number of aliphatic hydroxyl groups excluding tert-OH is 3. The highest BCUT2D eigenvalue weighted by atomic mass is 16.6. The van der Waals surface area contributed by atoms with Gasteiger partial charge >= 0.3 is 11.9 Å². The molecule has 9 heteroatoms. The lowest BCUT2D eigenvalue weighted by Gasteiger charge is -2.65. The Morgan fingerprint density at radius 2 is 1.76 bits per heavy atom. The lowest BCUT2D eigenvalue weighted by molar-refractivity contribution is -0.335. The number of carbonyl (C=O) groups is 2. The van der Waals surface area contributed by atoms with Crippen molar-refractivity contribution in [2.45, 2.75) is 88.7 Å². The third-order valence-electron chi connectivity index (χ3n) is 10.5. The fourth-order valence-electron chi connectivity index (χ4n) is 8.53. The number of esters is 2. The highest BCUT2D eigenvalue weighted by Gasteiger charge is 2.83. The summed E-state index contributed by atoms with van der Waals surface area (Å²) in [5.41, 5.74) is -4.25. The summed E-state index contributed by atoms with van der Waals surface area (Å²) >= 11 is 0. The molecule has 0 aromatic heterocycles. The fourth-order valence-corrected chi connectivity index (χ4v) is 8.53. The fraction of sp³-hybridized carbons (Fsp3) is 0.655. The minimum absolute atomic E-state index is 0.0133. The van der Waals surface area contributed by atoms with Gasteiger partial charge in [0, 0.05) is 24.2 Å². The van der Waals surface area contributed by atoms with E-state index >= 15 is 0 Å². The van der Waals surface area contributed by atoms with Gasteiger partial charge in [0.15, 0.2) is 5.60 Å². The summed E-state index contributed by atoms with van der Waals surface area (Å²) in [6, 6.07) is 8.40. The zero-order valence-corrected chi connectivity index (χ0v) is 22.1. The van der Waals surface area contributed by atoms with Crippen molar-refractivity contribution >= 4 is 11.9 Å². The lowest BCUT2D eigenvalue weighted by Crippen LogP contribution is -2.78. The molecule has 5 aliphatic rings. The van der Waals surface area contributed by atoms with Gasteiger partial charge in [-0.2, -0.15) is 0 Å². The smallest absolute Gasteiger partial charge is 0.338 e. The Morgan fingerprint density at radius 1 is 1.08 bits per heavy atom. The van der Waals surface area contributed by atoms with E-state index in [0.717, 1.165) is 0 Å². The second-order valence-corrected chi connectivity index (χ2v) is 12.5. The standard InChI is InChI=1S/C29H36O9/c1-14-18(31)12-29(35)24(37-25(34)16-8-6-5-7-9-16)22-27(23(33)21(32)20(14)26(29,3)4)11-17(27)10-19-28(22,13-36-19)38-15(2)30/h5-9,17-19,21-24,31-33,35H,10-13H2,1-4H3/t17-,18+,19-,21-,22+,23-,24+,27-,28+,29-/m1/s1. The predicted octanol–water partition coefficient (Wildman–Crippen LogP) is 1.51. The summed E-state index contributed by atoms with van der Waals surface area (Å²) in [6.07, 6.45) is -4.78. The predicted molar refractivity (Wildman–Crippen MR) is 133 cm³/mol. The summed E-state index contributed by atoms with van der Waals surface area (Å²) < 4.78 is 18.1. The molecule has 0 amide bonds. The molecule has 1 aliphatic heterocycles. The normalized spacial score (nSPS) is 46.3. The number of carbonyl (C=O) groups excluding carboxylic acids is 2. The van der Waals surface area contributed by atoms with Gasteiger partial charge in [-0.15, -0.1) is 0 Å². The van der Waals surface area contributed by atoms with Crippen LogP contribution >= 0.6 is 0 Å². The maximum Gasteiger partial charge on any atom is 0.338 e. The summed E-state index contributed by atoms with van der Waals surface area (Å²) in [5, 5.41) is 47.4. The monoisotopic (exact) mass is 528 g/mol. The second kappa shape index (κ2) is 8.11. The van der Waals surface area contributed by atoms with Gasteiger partial charge in [-0.25, -0.2) is 4.79 Å². The van der Waals surface area contributed by atoms with E-state index in [9.17, 15) is 30.0 Å². The van der Waals surface area contributed by atoms with Gasteiger partial charge in [-0.05, 0) is 49.0 Å². The van der Waals surface area contributed by atoms with Crippen molar-refractivity contribution < 1.29 is 44.2 Å². The van der Waals surface area contributed by atoms with E-state index in [1.165, 1.54) is 6.92 Å². The first-order chi connectivity index (χ1) is 17.8. The van der Waals surface area contributed by atoms with E-state index in [1.807, 2.05) is 0 Å². The SMILES string of the molecule is CC(=O)O[C@@]12CO[C@@H]1C[C@@H]1C[C@@]13[C@H](O)[C@H](O)C1=C(C)[C@@H](O)C[C@@](O)([C@@H](OC(=O)c4ccccc4)[C@H]23)C1(C)C. The van der Waals surface area contributed by atoms with Crippen molar-refractivity contribution in [3.05, 3.63) is 47.0 Å². The average Bonchev–Trinajstić information content (AvgIpc) is 3.58. The molecule has 3 saturated carbocycles. The first-order valence-corrected chi connectivity index (χ1v) is 13.4. The van der Waals surface area contributed by atoms with Crippen LogP contribution < -0.4 is 0 Å². The topological polar surface area (TPSA) is 143 Å². The van der Waals surface area contributed by atoms with E-state index in [4.69, 9.17) is 14.2 Å². The van der Waals surface area contributed by atoms with Gasteiger partial charge in [0.25, 0.3) is 0 Å². The molecule has 4 fully saturated rings. The van der Waals surface area contributed by atoms with E-state index in [2.05, 4.69) is 0 Å². The third-order valence-corrected chi connectivity index (χ3v) is 10.5. The van der Waals surface area contributed by atoms with Crippen LogP contribution in [0.3, 0.4) is 0 Å². The molecular weight excluding hydrogens is 492 g/mol. The Labute approximate surface area is 221 Å². The van der Waals surface area contributed by atoms with E-state index in [1.54, 1.807) is 51.1 Å². The van der Waals surface area contributed by atoms with Crippen LogP contribution in [0.5, 0.6) is 0 Å². The van der Waals surface area contributed by atoms with Crippen molar-refractivity contribution in [1.82, 2.24) is 0 Å². The van der Waals surface area contributed by atoms with Crippen molar-refractivity contribution in [3.8, 4) is 0 Å².